The van der Waals surface area contributed by atoms with Crippen molar-refractivity contribution >= 4 is 10.8 Å². The molecule has 0 saturated heterocycles. The van der Waals surface area contributed by atoms with E-state index in [-0.39, 0.29) is 0 Å². The van der Waals surface area contributed by atoms with Gasteiger partial charge in [0.2, 0.25) is 0 Å². The molecule has 0 aromatic carbocycles. The van der Waals surface area contributed by atoms with Gasteiger partial charge in [-0.1, -0.05) is 46.0 Å². The van der Waals surface area contributed by atoms with Crippen molar-refractivity contribution in [3.8, 4) is 0 Å². The van der Waals surface area contributed by atoms with Gasteiger partial charge in [0.15, 0.2) is 0 Å². The summed E-state index contributed by atoms with van der Waals surface area (Å²) in [6, 6.07) is 0.505. The highest BCUT2D eigenvalue weighted by atomic mass is 32.2. The molecule has 1 saturated carbocycles. The molecule has 0 bridgehead atoms. The summed E-state index contributed by atoms with van der Waals surface area (Å²) in [6.07, 6.45) is 9.87. The Balaban J connectivity index is 2.46. The maximum Gasteiger partial charge on any atom is 0.0501 e. The lowest BCUT2D eigenvalue weighted by molar-refractivity contribution is 0.474. The normalized spacial score (nSPS) is 27.6. The molecule has 0 aliphatic heterocycles. The van der Waals surface area contributed by atoms with Crippen LogP contribution in [0.4, 0.5) is 0 Å². The van der Waals surface area contributed by atoms with Crippen molar-refractivity contribution in [1.29, 1.82) is 0 Å². The van der Waals surface area contributed by atoms with Crippen molar-refractivity contribution < 1.29 is 4.21 Å². The zero-order chi connectivity index (χ0) is 12.5. The van der Waals surface area contributed by atoms with Crippen molar-refractivity contribution in [2.24, 2.45) is 0 Å². The Morgan fingerprint density at radius 1 is 1.12 bits per heavy atom. The fourth-order valence-corrected chi connectivity index (χ4v) is 4.55. The van der Waals surface area contributed by atoms with Crippen molar-refractivity contribution in [2.75, 3.05) is 12.3 Å². The predicted octanol–water partition coefficient (Wildman–Crippen LogP) is 3.24. The van der Waals surface area contributed by atoms with Crippen LogP contribution < -0.4 is 5.32 Å². The fraction of sp³-hybridized carbons (Fsp3) is 1.00. The first kappa shape index (κ1) is 15.2. The van der Waals surface area contributed by atoms with Crippen molar-refractivity contribution in [2.45, 2.75) is 76.5 Å². The third-order valence-electron chi connectivity index (χ3n) is 3.71. The molecule has 0 amide bonds. The summed E-state index contributed by atoms with van der Waals surface area (Å²) in [7, 11) is -0.613. The summed E-state index contributed by atoms with van der Waals surface area (Å²) in [5.41, 5.74) is 0. The number of hydrogen-bond donors (Lipinski definition) is 1. The molecule has 3 atom stereocenters. The average Bonchev–Trinajstić information content (AvgIpc) is 2.55. The van der Waals surface area contributed by atoms with Crippen LogP contribution in [0.5, 0.6) is 0 Å². The first-order valence-electron chi connectivity index (χ1n) is 7.40. The molecular weight excluding hydrogens is 230 g/mol. The first-order valence-corrected chi connectivity index (χ1v) is 8.78. The summed E-state index contributed by atoms with van der Waals surface area (Å²) >= 11 is 0. The molecule has 2 nitrogen and oxygen atoms in total. The third-order valence-corrected chi connectivity index (χ3v) is 5.64. The van der Waals surface area contributed by atoms with Crippen molar-refractivity contribution in [1.82, 2.24) is 5.32 Å². The minimum atomic E-state index is -0.613. The van der Waals surface area contributed by atoms with E-state index in [0.717, 1.165) is 25.1 Å². The number of unbranched alkanes of at least 4 members (excludes halogenated alkanes) is 2. The zero-order valence-corrected chi connectivity index (χ0v) is 12.4. The molecule has 0 radical (unpaired) electrons. The van der Waals surface area contributed by atoms with Crippen LogP contribution in [0.3, 0.4) is 0 Å². The highest BCUT2D eigenvalue weighted by Crippen LogP contribution is 2.23. The van der Waals surface area contributed by atoms with Gasteiger partial charge in [0.1, 0.15) is 0 Å². The highest BCUT2D eigenvalue weighted by molar-refractivity contribution is 7.85. The Labute approximate surface area is 109 Å². The van der Waals surface area contributed by atoms with Gasteiger partial charge in [-0.25, -0.2) is 0 Å². The van der Waals surface area contributed by atoms with E-state index in [1.165, 1.54) is 38.5 Å². The van der Waals surface area contributed by atoms with Gasteiger partial charge in [0.05, 0.1) is 5.25 Å². The SMILES string of the molecule is CCCCCS(=O)C1CCCCCC1NCC. The maximum absolute atomic E-state index is 12.4. The second-order valence-electron chi connectivity index (χ2n) is 5.13. The average molecular weight is 259 g/mol. The predicted molar refractivity (Wildman–Crippen MR) is 76.9 cm³/mol. The van der Waals surface area contributed by atoms with Crippen molar-refractivity contribution in [3.05, 3.63) is 0 Å². The van der Waals surface area contributed by atoms with Gasteiger partial charge >= 0.3 is 0 Å². The van der Waals surface area contributed by atoms with Crippen molar-refractivity contribution in [3.63, 3.8) is 0 Å². The molecule has 1 rings (SSSR count). The standard InChI is InChI=1S/C14H29NOS/c1-3-5-9-12-17(16)14-11-8-6-7-10-13(14)15-4-2/h13-15H,3-12H2,1-2H3. The molecule has 0 spiro atoms. The molecule has 0 heterocycles. The van der Waals surface area contributed by atoms with E-state index in [2.05, 4.69) is 19.2 Å². The van der Waals surface area contributed by atoms with Gasteiger partial charge in [-0.2, -0.15) is 0 Å². The quantitative estimate of drug-likeness (QED) is 0.562. The van der Waals surface area contributed by atoms with Gasteiger partial charge in [0.25, 0.3) is 0 Å². The highest BCUT2D eigenvalue weighted by Gasteiger charge is 2.27. The van der Waals surface area contributed by atoms with Crippen LogP contribution in [0.1, 0.15) is 65.2 Å². The van der Waals surface area contributed by atoms with Crippen LogP contribution in [0.25, 0.3) is 0 Å². The Kier molecular flexibility index (Phi) is 8.12. The lowest BCUT2D eigenvalue weighted by Gasteiger charge is -2.25. The molecule has 1 aliphatic rings. The smallest absolute Gasteiger partial charge is 0.0501 e. The zero-order valence-electron chi connectivity index (χ0n) is 11.5. The summed E-state index contributed by atoms with van der Waals surface area (Å²) < 4.78 is 12.4. The summed E-state index contributed by atoms with van der Waals surface area (Å²) in [5.74, 6) is 0.917. The van der Waals surface area contributed by atoms with Crippen LogP contribution in [0, 0.1) is 0 Å². The van der Waals surface area contributed by atoms with Crippen LogP contribution in [0.15, 0.2) is 0 Å². The Morgan fingerprint density at radius 2 is 1.88 bits per heavy atom. The molecule has 1 aliphatic carbocycles. The monoisotopic (exact) mass is 259 g/mol. The lowest BCUT2D eigenvalue weighted by atomic mass is 10.1. The summed E-state index contributed by atoms with van der Waals surface area (Å²) in [6.45, 7) is 5.37. The molecule has 0 aromatic rings. The number of nitrogens with one attached hydrogen (secondary N) is 1. The minimum Gasteiger partial charge on any atom is -0.313 e. The molecule has 102 valence electrons. The van der Waals surface area contributed by atoms with Crippen LogP contribution in [-0.4, -0.2) is 27.8 Å². The Morgan fingerprint density at radius 3 is 2.59 bits per heavy atom. The van der Waals surface area contributed by atoms with Crippen LogP contribution in [-0.2, 0) is 10.8 Å². The molecule has 1 N–H and O–H groups in total. The third kappa shape index (κ3) is 5.52. The second-order valence-corrected chi connectivity index (χ2v) is 6.91. The van der Waals surface area contributed by atoms with E-state index in [4.69, 9.17) is 0 Å². The fourth-order valence-electron chi connectivity index (χ4n) is 2.73. The molecule has 1 fully saturated rings. The van der Waals surface area contributed by atoms with Crippen LogP contribution >= 0.6 is 0 Å². The maximum atomic E-state index is 12.4. The molecular formula is C14H29NOS. The Hall–Kier alpha value is 0.110. The molecule has 3 heteroatoms. The summed E-state index contributed by atoms with van der Waals surface area (Å²) in [4.78, 5) is 0. The number of rotatable bonds is 7. The molecule has 0 aromatic heterocycles. The topological polar surface area (TPSA) is 29.1 Å². The van der Waals surface area contributed by atoms with Gasteiger partial charge in [-0.3, -0.25) is 4.21 Å². The van der Waals surface area contributed by atoms with Gasteiger partial charge < -0.3 is 5.32 Å². The van der Waals surface area contributed by atoms with E-state index in [1.807, 2.05) is 0 Å². The molecule has 3 unspecified atom stereocenters. The van der Waals surface area contributed by atoms with E-state index < -0.39 is 10.8 Å². The number of hydrogen-bond acceptors (Lipinski definition) is 2. The van der Waals surface area contributed by atoms with E-state index >= 15 is 0 Å². The largest absolute Gasteiger partial charge is 0.313 e. The van der Waals surface area contributed by atoms with Gasteiger partial charge in [-0.15, -0.1) is 0 Å². The van der Waals surface area contributed by atoms with Gasteiger partial charge in [0, 0.05) is 22.6 Å². The first-order chi connectivity index (χ1) is 8.29. The minimum absolute atomic E-state index is 0.411. The van der Waals surface area contributed by atoms with E-state index in [0.29, 0.717) is 11.3 Å². The molecule has 17 heavy (non-hydrogen) atoms. The van der Waals surface area contributed by atoms with Gasteiger partial charge in [-0.05, 0) is 25.8 Å². The summed E-state index contributed by atoms with van der Waals surface area (Å²) in [5, 5.41) is 3.96. The second kappa shape index (κ2) is 9.09. The lowest BCUT2D eigenvalue weighted by Crippen LogP contribution is -2.42. The van der Waals surface area contributed by atoms with Crippen LogP contribution in [0.2, 0.25) is 0 Å². The Bertz CT molecular complexity index is 220. The van der Waals surface area contributed by atoms with E-state index in [9.17, 15) is 4.21 Å². The van der Waals surface area contributed by atoms with E-state index in [1.54, 1.807) is 0 Å².